The van der Waals surface area contributed by atoms with E-state index in [9.17, 15) is 8.42 Å². The van der Waals surface area contributed by atoms with E-state index in [1.165, 1.54) is 6.07 Å². The lowest BCUT2D eigenvalue weighted by atomic mass is 10.0. The van der Waals surface area contributed by atoms with Gasteiger partial charge in [0.05, 0.1) is 5.02 Å². The molecule has 0 spiro atoms. The van der Waals surface area contributed by atoms with Crippen LogP contribution in [0, 0.1) is 6.92 Å². The lowest BCUT2D eigenvalue weighted by molar-refractivity contribution is 0.178. The molecule has 2 rings (SSSR count). The SMILES string of the molecule is Cc1cc(Cl)c(S(=O)(=O)NC2CCN(C)C(C)C2)cc1N. The van der Waals surface area contributed by atoms with Crippen LogP contribution < -0.4 is 10.5 Å². The first-order valence-electron chi connectivity index (χ1n) is 6.99. The van der Waals surface area contributed by atoms with Crippen molar-refractivity contribution in [2.75, 3.05) is 19.3 Å². The van der Waals surface area contributed by atoms with Gasteiger partial charge >= 0.3 is 0 Å². The molecule has 3 N–H and O–H groups in total. The largest absolute Gasteiger partial charge is 0.398 e. The number of nitrogens with one attached hydrogen (secondary N) is 1. The van der Waals surface area contributed by atoms with E-state index in [2.05, 4.69) is 16.5 Å². The number of hydrogen-bond donors (Lipinski definition) is 2. The third kappa shape index (κ3) is 3.69. The van der Waals surface area contributed by atoms with Crippen LogP contribution in [-0.4, -0.2) is 39.0 Å². The number of halogens is 1. The van der Waals surface area contributed by atoms with Crippen molar-refractivity contribution in [1.82, 2.24) is 9.62 Å². The van der Waals surface area contributed by atoms with Crippen LogP contribution >= 0.6 is 11.6 Å². The smallest absolute Gasteiger partial charge is 0.242 e. The number of anilines is 1. The molecule has 0 saturated carbocycles. The van der Waals surface area contributed by atoms with Crippen molar-refractivity contribution < 1.29 is 8.42 Å². The molecule has 1 aromatic rings. The summed E-state index contributed by atoms with van der Waals surface area (Å²) < 4.78 is 27.8. The predicted octanol–water partition coefficient (Wildman–Crippen LogP) is 1.99. The number of nitrogens with two attached hydrogens (primary N) is 1. The molecule has 0 bridgehead atoms. The van der Waals surface area contributed by atoms with Gasteiger partial charge in [-0.05, 0) is 58.0 Å². The van der Waals surface area contributed by atoms with Gasteiger partial charge in [0.15, 0.2) is 0 Å². The summed E-state index contributed by atoms with van der Waals surface area (Å²) in [6.45, 7) is 4.76. The highest BCUT2D eigenvalue weighted by molar-refractivity contribution is 7.89. The van der Waals surface area contributed by atoms with E-state index in [0.29, 0.717) is 11.7 Å². The third-order valence-electron chi connectivity index (χ3n) is 4.14. The van der Waals surface area contributed by atoms with E-state index in [1.54, 1.807) is 13.0 Å². The van der Waals surface area contributed by atoms with Gasteiger partial charge in [-0.15, -0.1) is 0 Å². The second kappa shape index (κ2) is 6.12. The maximum absolute atomic E-state index is 12.5. The first-order chi connectivity index (χ1) is 9.70. The molecule has 0 aromatic heterocycles. The maximum atomic E-state index is 12.5. The third-order valence-corrected chi connectivity index (χ3v) is 6.13. The molecule has 1 aromatic carbocycles. The van der Waals surface area contributed by atoms with E-state index in [0.717, 1.165) is 24.9 Å². The lowest BCUT2D eigenvalue weighted by Gasteiger charge is -2.35. The van der Waals surface area contributed by atoms with Gasteiger partial charge in [0.1, 0.15) is 4.90 Å². The monoisotopic (exact) mass is 331 g/mol. The molecule has 7 heteroatoms. The zero-order valence-corrected chi connectivity index (χ0v) is 14.1. The molecule has 0 amide bonds. The average molecular weight is 332 g/mol. The zero-order valence-electron chi connectivity index (χ0n) is 12.6. The standard InChI is InChI=1S/C14H22ClN3O2S/c1-9-6-12(15)14(8-13(9)16)21(19,20)17-11-4-5-18(3)10(2)7-11/h6,8,10-11,17H,4-5,7,16H2,1-3H3. The van der Waals surface area contributed by atoms with Crippen LogP contribution in [0.25, 0.3) is 0 Å². The fourth-order valence-electron chi connectivity index (χ4n) is 2.55. The Bertz CT molecular complexity index is 633. The summed E-state index contributed by atoms with van der Waals surface area (Å²) >= 11 is 6.07. The molecule has 5 nitrogen and oxygen atoms in total. The number of hydrogen-bond acceptors (Lipinski definition) is 4. The van der Waals surface area contributed by atoms with Crippen LogP contribution in [-0.2, 0) is 10.0 Å². The Labute approximate surface area is 131 Å². The molecular weight excluding hydrogens is 310 g/mol. The van der Waals surface area contributed by atoms with Crippen molar-refractivity contribution >= 4 is 27.3 Å². The van der Waals surface area contributed by atoms with E-state index in [-0.39, 0.29) is 16.0 Å². The Balaban J connectivity index is 2.21. The summed E-state index contributed by atoms with van der Waals surface area (Å²) in [7, 11) is -1.60. The highest BCUT2D eigenvalue weighted by Crippen LogP contribution is 2.27. The fraction of sp³-hybridized carbons (Fsp3) is 0.571. The van der Waals surface area contributed by atoms with Crippen LogP contribution in [0.4, 0.5) is 5.69 Å². The number of piperidine rings is 1. The van der Waals surface area contributed by atoms with Gasteiger partial charge in [0, 0.05) is 17.8 Å². The molecule has 1 saturated heterocycles. The van der Waals surface area contributed by atoms with Gasteiger partial charge in [-0.3, -0.25) is 0 Å². The summed E-state index contributed by atoms with van der Waals surface area (Å²) in [6, 6.07) is 3.30. The highest BCUT2D eigenvalue weighted by atomic mass is 35.5. The average Bonchev–Trinajstić information content (AvgIpc) is 2.37. The molecule has 21 heavy (non-hydrogen) atoms. The van der Waals surface area contributed by atoms with Crippen LogP contribution in [0.1, 0.15) is 25.3 Å². The van der Waals surface area contributed by atoms with Crippen molar-refractivity contribution in [3.8, 4) is 0 Å². The van der Waals surface area contributed by atoms with E-state index in [1.807, 2.05) is 7.05 Å². The number of benzene rings is 1. The van der Waals surface area contributed by atoms with Gasteiger partial charge in [-0.25, -0.2) is 13.1 Å². The Kier molecular flexibility index (Phi) is 4.82. The second-order valence-electron chi connectivity index (χ2n) is 5.81. The molecule has 1 fully saturated rings. The number of likely N-dealkylation sites (tertiary alicyclic amines) is 1. The normalized spacial score (nSPS) is 24.2. The van der Waals surface area contributed by atoms with Crippen molar-refractivity contribution in [2.24, 2.45) is 0 Å². The molecule has 1 heterocycles. The van der Waals surface area contributed by atoms with Gasteiger partial charge in [-0.1, -0.05) is 11.6 Å². The molecular formula is C14H22ClN3O2S. The van der Waals surface area contributed by atoms with Gasteiger partial charge in [0.2, 0.25) is 10.0 Å². The summed E-state index contributed by atoms with van der Waals surface area (Å²) in [5.41, 5.74) is 7.00. The van der Waals surface area contributed by atoms with Crippen molar-refractivity contribution in [3.63, 3.8) is 0 Å². The molecule has 2 unspecified atom stereocenters. The van der Waals surface area contributed by atoms with Gasteiger partial charge < -0.3 is 10.6 Å². The van der Waals surface area contributed by atoms with E-state index < -0.39 is 10.0 Å². The predicted molar refractivity (Wildman–Crippen MR) is 86.0 cm³/mol. The minimum Gasteiger partial charge on any atom is -0.398 e. The fourth-order valence-corrected chi connectivity index (χ4v) is 4.45. The summed E-state index contributed by atoms with van der Waals surface area (Å²) in [5.74, 6) is 0. The number of nitrogen functional groups attached to an aromatic ring is 1. The highest BCUT2D eigenvalue weighted by Gasteiger charge is 2.28. The number of sulfonamides is 1. The zero-order chi connectivity index (χ0) is 15.8. The Hall–Kier alpha value is -0.820. The van der Waals surface area contributed by atoms with Crippen LogP contribution in [0.2, 0.25) is 5.02 Å². The van der Waals surface area contributed by atoms with Crippen molar-refractivity contribution in [3.05, 3.63) is 22.7 Å². The van der Waals surface area contributed by atoms with E-state index in [4.69, 9.17) is 17.3 Å². The molecule has 0 aliphatic carbocycles. The van der Waals surface area contributed by atoms with Crippen LogP contribution in [0.3, 0.4) is 0 Å². The van der Waals surface area contributed by atoms with E-state index >= 15 is 0 Å². The maximum Gasteiger partial charge on any atom is 0.242 e. The molecule has 1 aliphatic heterocycles. The van der Waals surface area contributed by atoms with Crippen LogP contribution in [0.5, 0.6) is 0 Å². The minimum atomic E-state index is -3.65. The molecule has 0 radical (unpaired) electrons. The minimum absolute atomic E-state index is 0.0545. The van der Waals surface area contributed by atoms with Crippen molar-refractivity contribution in [2.45, 2.75) is 43.7 Å². The van der Waals surface area contributed by atoms with Gasteiger partial charge in [-0.2, -0.15) is 0 Å². The number of rotatable bonds is 3. The first-order valence-corrected chi connectivity index (χ1v) is 8.85. The number of nitrogens with zero attached hydrogens (tertiary/aromatic N) is 1. The molecule has 2 atom stereocenters. The molecule has 118 valence electrons. The lowest BCUT2D eigenvalue weighted by Crippen LogP contribution is -2.47. The summed E-state index contributed by atoms with van der Waals surface area (Å²) in [4.78, 5) is 2.28. The van der Waals surface area contributed by atoms with Gasteiger partial charge in [0.25, 0.3) is 0 Å². The van der Waals surface area contributed by atoms with Crippen LogP contribution in [0.15, 0.2) is 17.0 Å². The Morgan fingerprint density at radius 1 is 1.43 bits per heavy atom. The Morgan fingerprint density at radius 3 is 2.71 bits per heavy atom. The summed E-state index contributed by atoms with van der Waals surface area (Å²) in [5, 5.41) is 0.204. The topological polar surface area (TPSA) is 75.4 Å². The Morgan fingerprint density at radius 2 is 2.10 bits per heavy atom. The first kappa shape index (κ1) is 16.5. The molecule has 1 aliphatic rings. The van der Waals surface area contributed by atoms with Crippen molar-refractivity contribution in [1.29, 1.82) is 0 Å². The second-order valence-corrected chi connectivity index (χ2v) is 7.90. The quantitative estimate of drug-likeness (QED) is 0.831. The summed E-state index contributed by atoms with van der Waals surface area (Å²) in [6.07, 6.45) is 1.58. The number of aryl methyl sites for hydroxylation is 1.